The van der Waals surface area contributed by atoms with Crippen molar-refractivity contribution < 1.29 is 19.2 Å². The van der Waals surface area contributed by atoms with Crippen molar-refractivity contribution >= 4 is 23.6 Å². The number of likely N-dealkylation sites (tertiary alicyclic amines) is 1. The highest BCUT2D eigenvalue weighted by molar-refractivity contribution is 5.87. The van der Waals surface area contributed by atoms with Crippen molar-refractivity contribution in [2.45, 2.75) is 18.9 Å². The van der Waals surface area contributed by atoms with Crippen LogP contribution in [-0.4, -0.2) is 66.4 Å². The van der Waals surface area contributed by atoms with E-state index in [-0.39, 0.29) is 17.7 Å². The first-order valence-electron chi connectivity index (χ1n) is 8.41. The van der Waals surface area contributed by atoms with E-state index in [1.165, 1.54) is 24.3 Å². The number of non-ortho nitro benzene ring substituents is 1. The van der Waals surface area contributed by atoms with Crippen molar-refractivity contribution in [1.82, 2.24) is 9.80 Å². The number of nitrogens with zero attached hydrogens (tertiary/aromatic N) is 3. The summed E-state index contributed by atoms with van der Waals surface area (Å²) in [6.45, 7) is 1.78. The van der Waals surface area contributed by atoms with Crippen LogP contribution in [0.1, 0.15) is 18.4 Å². The third-order valence-corrected chi connectivity index (χ3v) is 4.17. The largest absolute Gasteiger partial charge is 0.459 e. The molecule has 2 rings (SSSR count). The van der Waals surface area contributed by atoms with E-state index in [0.717, 1.165) is 0 Å². The van der Waals surface area contributed by atoms with Crippen LogP contribution in [0.15, 0.2) is 30.3 Å². The van der Waals surface area contributed by atoms with Crippen LogP contribution >= 0.6 is 0 Å². The first-order chi connectivity index (χ1) is 12.3. The van der Waals surface area contributed by atoms with Gasteiger partial charge in [0.1, 0.15) is 6.10 Å². The fourth-order valence-electron chi connectivity index (χ4n) is 2.63. The molecule has 0 N–H and O–H groups in total. The fourth-order valence-corrected chi connectivity index (χ4v) is 2.63. The van der Waals surface area contributed by atoms with E-state index in [4.69, 9.17) is 4.74 Å². The van der Waals surface area contributed by atoms with E-state index in [0.29, 0.717) is 38.0 Å². The van der Waals surface area contributed by atoms with Crippen molar-refractivity contribution in [3.63, 3.8) is 0 Å². The molecular weight excluding hydrogens is 338 g/mol. The van der Waals surface area contributed by atoms with Gasteiger partial charge in [-0.3, -0.25) is 19.8 Å². The highest BCUT2D eigenvalue weighted by Crippen LogP contribution is 2.16. The number of esters is 1. The molecule has 1 heterocycles. The molecule has 1 fully saturated rings. The zero-order valence-corrected chi connectivity index (χ0v) is 15.0. The maximum Gasteiger partial charge on any atom is 0.331 e. The summed E-state index contributed by atoms with van der Waals surface area (Å²) in [4.78, 5) is 37.5. The van der Waals surface area contributed by atoms with E-state index >= 15 is 0 Å². The Morgan fingerprint density at radius 2 is 2.04 bits per heavy atom. The Kier molecular flexibility index (Phi) is 6.85. The molecule has 1 aliphatic heterocycles. The lowest BCUT2D eigenvalue weighted by atomic mass is 10.1. The van der Waals surface area contributed by atoms with E-state index in [2.05, 4.69) is 0 Å². The molecule has 1 saturated heterocycles. The molecule has 1 aromatic carbocycles. The van der Waals surface area contributed by atoms with Gasteiger partial charge in [0.05, 0.1) is 11.5 Å². The summed E-state index contributed by atoms with van der Waals surface area (Å²) in [7, 11) is 3.45. The van der Waals surface area contributed by atoms with Crippen LogP contribution in [0.2, 0.25) is 0 Å². The summed E-state index contributed by atoms with van der Waals surface area (Å²) in [5, 5.41) is 10.7. The van der Waals surface area contributed by atoms with E-state index in [1.54, 1.807) is 31.1 Å². The number of ether oxygens (including phenoxy) is 1. The molecule has 8 heteroatoms. The quantitative estimate of drug-likeness (QED) is 0.331. The van der Waals surface area contributed by atoms with Crippen LogP contribution in [0.25, 0.3) is 6.08 Å². The average Bonchev–Trinajstić information content (AvgIpc) is 2.61. The number of hydrogen-bond donors (Lipinski definition) is 0. The number of nitro groups is 1. The molecule has 0 unspecified atom stereocenters. The topological polar surface area (TPSA) is 93.0 Å². The van der Waals surface area contributed by atoms with Gasteiger partial charge < -0.3 is 9.64 Å². The van der Waals surface area contributed by atoms with Gasteiger partial charge in [-0.05, 0) is 24.5 Å². The molecule has 0 spiro atoms. The van der Waals surface area contributed by atoms with Crippen molar-refractivity contribution in [3.8, 4) is 0 Å². The number of nitro benzene ring substituents is 1. The van der Waals surface area contributed by atoms with Gasteiger partial charge >= 0.3 is 5.97 Å². The van der Waals surface area contributed by atoms with Crippen molar-refractivity contribution in [2.75, 3.05) is 33.7 Å². The second-order valence-corrected chi connectivity index (χ2v) is 6.39. The summed E-state index contributed by atoms with van der Waals surface area (Å²) >= 11 is 0. The van der Waals surface area contributed by atoms with Crippen LogP contribution < -0.4 is 0 Å². The number of benzene rings is 1. The number of carbonyl (C=O) groups excluding carboxylic acids is 2. The number of likely N-dealkylation sites (N-methyl/N-ethyl adjacent to an activating group) is 1. The minimum atomic E-state index is -0.482. The number of rotatable bonds is 6. The summed E-state index contributed by atoms with van der Waals surface area (Å²) in [5.74, 6) is -0.417. The highest BCUT2D eigenvalue weighted by atomic mass is 16.6. The lowest BCUT2D eigenvalue weighted by molar-refractivity contribution is -0.384. The lowest BCUT2D eigenvalue weighted by Gasteiger charge is -2.31. The first kappa shape index (κ1) is 19.6. The van der Waals surface area contributed by atoms with Gasteiger partial charge in [-0.15, -0.1) is 0 Å². The number of amides is 1. The molecule has 1 amide bonds. The van der Waals surface area contributed by atoms with Crippen LogP contribution in [0.4, 0.5) is 5.69 Å². The second-order valence-electron chi connectivity index (χ2n) is 6.39. The monoisotopic (exact) mass is 361 g/mol. The van der Waals surface area contributed by atoms with Gasteiger partial charge in [-0.1, -0.05) is 12.1 Å². The SMILES string of the molecule is CN(C)C(=O)CN1CCC(OC(=O)/C=C/c2cccc([N+](=O)[O-])c2)CC1. The molecule has 0 atom stereocenters. The third-order valence-electron chi connectivity index (χ3n) is 4.17. The standard InChI is InChI=1S/C18H23N3O5/c1-19(2)17(22)13-20-10-8-16(9-11-20)26-18(23)7-6-14-4-3-5-15(12-14)21(24)25/h3-7,12,16H,8-11,13H2,1-2H3/b7-6+. The molecule has 26 heavy (non-hydrogen) atoms. The Labute approximate surface area is 152 Å². The normalized spacial score (nSPS) is 15.8. The Hall–Kier alpha value is -2.74. The number of hydrogen-bond acceptors (Lipinski definition) is 6. The molecule has 0 bridgehead atoms. The maximum absolute atomic E-state index is 11.9. The molecule has 0 radical (unpaired) electrons. The first-order valence-corrected chi connectivity index (χ1v) is 8.41. The third kappa shape index (κ3) is 5.96. The molecule has 1 aromatic rings. The zero-order chi connectivity index (χ0) is 19.1. The van der Waals surface area contributed by atoms with E-state index in [1.807, 2.05) is 4.90 Å². The zero-order valence-electron chi connectivity index (χ0n) is 15.0. The van der Waals surface area contributed by atoms with Crippen LogP contribution in [0.3, 0.4) is 0 Å². The van der Waals surface area contributed by atoms with Gasteiger partial charge in [0.2, 0.25) is 5.91 Å². The average molecular weight is 361 g/mol. The Morgan fingerprint density at radius 1 is 1.35 bits per heavy atom. The minimum absolute atomic E-state index is 0.0276. The molecule has 1 aliphatic rings. The molecule has 8 nitrogen and oxygen atoms in total. The van der Waals surface area contributed by atoms with E-state index < -0.39 is 10.9 Å². The van der Waals surface area contributed by atoms with Gasteiger partial charge in [-0.2, -0.15) is 0 Å². The Balaban J connectivity index is 1.79. The molecule has 0 aromatic heterocycles. The summed E-state index contributed by atoms with van der Waals surface area (Å²) < 4.78 is 5.41. The van der Waals surface area contributed by atoms with Crippen LogP contribution in [0.5, 0.6) is 0 Å². The smallest absolute Gasteiger partial charge is 0.331 e. The molecular formula is C18H23N3O5. The van der Waals surface area contributed by atoms with Gasteiger partial charge in [-0.25, -0.2) is 4.79 Å². The predicted molar refractivity (Wildman–Crippen MR) is 96.4 cm³/mol. The summed E-state index contributed by atoms with van der Waals surface area (Å²) in [6.07, 6.45) is 3.96. The molecule has 140 valence electrons. The van der Waals surface area contributed by atoms with Crippen molar-refractivity contribution in [2.24, 2.45) is 0 Å². The van der Waals surface area contributed by atoms with Gasteiger partial charge in [0, 0.05) is 45.4 Å². The minimum Gasteiger partial charge on any atom is -0.459 e. The number of carbonyl (C=O) groups is 2. The second kappa shape index (κ2) is 9.10. The van der Waals surface area contributed by atoms with E-state index in [9.17, 15) is 19.7 Å². The number of piperidine rings is 1. The highest BCUT2D eigenvalue weighted by Gasteiger charge is 2.23. The molecule has 0 aliphatic carbocycles. The Morgan fingerprint density at radius 3 is 2.65 bits per heavy atom. The fraction of sp³-hybridized carbons (Fsp3) is 0.444. The van der Waals surface area contributed by atoms with Crippen LogP contribution in [-0.2, 0) is 14.3 Å². The Bertz CT molecular complexity index is 694. The summed E-state index contributed by atoms with van der Waals surface area (Å²) in [6, 6.07) is 6.03. The molecule has 0 saturated carbocycles. The van der Waals surface area contributed by atoms with Crippen LogP contribution in [0, 0.1) is 10.1 Å². The predicted octanol–water partition coefficient (Wildman–Crippen LogP) is 1.70. The van der Waals surface area contributed by atoms with Crippen molar-refractivity contribution in [1.29, 1.82) is 0 Å². The van der Waals surface area contributed by atoms with Gasteiger partial charge in [0.15, 0.2) is 0 Å². The lowest BCUT2D eigenvalue weighted by Crippen LogP contribution is -2.43. The summed E-state index contributed by atoms with van der Waals surface area (Å²) in [5.41, 5.74) is 0.535. The van der Waals surface area contributed by atoms with Gasteiger partial charge in [0.25, 0.3) is 5.69 Å². The van der Waals surface area contributed by atoms with Crippen molar-refractivity contribution in [3.05, 3.63) is 46.0 Å². The maximum atomic E-state index is 11.9.